The highest BCUT2D eigenvalue weighted by Crippen LogP contribution is 2.17. The van der Waals surface area contributed by atoms with E-state index in [2.05, 4.69) is 15.0 Å². The van der Waals surface area contributed by atoms with Gasteiger partial charge in [-0.25, -0.2) is 14.2 Å². The van der Waals surface area contributed by atoms with Crippen LogP contribution in [0, 0.1) is 5.21 Å². The summed E-state index contributed by atoms with van der Waals surface area (Å²) in [5, 5.41) is 11.7. The van der Waals surface area contributed by atoms with Gasteiger partial charge in [-0.1, -0.05) is 11.8 Å². The van der Waals surface area contributed by atoms with E-state index in [-0.39, 0.29) is 37.7 Å². The molecule has 23 heavy (non-hydrogen) atoms. The predicted octanol–water partition coefficient (Wildman–Crippen LogP) is 1.36. The summed E-state index contributed by atoms with van der Waals surface area (Å²) >= 11 is 0.881. The number of carbonyl (C=O) groups excluding carboxylic acids is 2. The maximum atomic E-state index is 12.0. The summed E-state index contributed by atoms with van der Waals surface area (Å²) in [5.41, 5.74) is 0.129. The normalized spacial score (nSPS) is 11.7. The smallest absolute Gasteiger partial charge is 0.239 e. The second kappa shape index (κ2) is 7.90. The molecule has 0 aliphatic carbocycles. The average Bonchev–Trinajstić information content (AvgIpc) is 2.59. The molecule has 2 aromatic heterocycles. The van der Waals surface area contributed by atoms with Gasteiger partial charge < -0.3 is 9.68 Å². The third-order valence-corrected chi connectivity index (χ3v) is 4.35. The van der Waals surface area contributed by atoms with Gasteiger partial charge in [0.1, 0.15) is 5.69 Å². The maximum Gasteiger partial charge on any atom is 0.239 e. The second-order valence-corrected chi connectivity index (χ2v) is 6.49. The SMILES string of the molecule is CC(=O)SCC(=O)c1ccc(N([O-])S(=O)c2ncccn2)cn1. The van der Waals surface area contributed by atoms with Gasteiger partial charge in [-0.3, -0.25) is 14.6 Å². The third kappa shape index (κ3) is 4.65. The lowest BCUT2D eigenvalue weighted by Gasteiger charge is -2.27. The zero-order valence-electron chi connectivity index (χ0n) is 11.9. The number of anilines is 1. The van der Waals surface area contributed by atoms with Crippen LogP contribution >= 0.6 is 11.8 Å². The molecule has 2 rings (SSSR count). The molecule has 8 nitrogen and oxygen atoms in total. The van der Waals surface area contributed by atoms with E-state index < -0.39 is 11.0 Å². The number of pyridine rings is 1. The van der Waals surface area contributed by atoms with Crippen LogP contribution in [-0.4, -0.2) is 35.8 Å². The number of nitrogens with zero attached hydrogens (tertiary/aromatic N) is 4. The molecule has 0 spiro atoms. The van der Waals surface area contributed by atoms with E-state index in [0.717, 1.165) is 18.0 Å². The van der Waals surface area contributed by atoms with Crippen molar-refractivity contribution < 1.29 is 13.8 Å². The first-order valence-electron chi connectivity index (χ1n) is 6.28. The Hall–Kier alpha value is -2.17. The lowest BCUT2D eigenvalue weighted by atomic mass is 10.2. The van der Waals surface area contributed by atoms with E-state index >= 15 is 0 Å². The van der Waals surface area contributed by atoms with Crippen molar-refractivity contribution in [3.8, 4) is 0 Å². The fourth-order valence-corrected chi connectivity index (χ4v) is 2.68. The van der Waals surface area contributed by atoms with Gasteiger partial charge in [-0.2, -0.15) is 0 Å². The summed E-state index contributed by atoms with van der Waals surface area (Å²) in [6, 6.07) is 4.20. The molecule has 0 fully saturated rings. The number of aromatic nitrogens is 3. The molecule has 2 heterocycles. The molecule has 2 aromatic rings. The Bertz CT molecular complexity index is 725. The Morgan fingerprint density at radius 3 is 2.52 bits per heavy atom. The quantitative estimate of drug-likeness (QED) is 0.435. The Morgan fingerprint density at radius 1 is 1.26 bits per heavy atom. The fourth-order valence-electron chi connectivity index (χ4n) is 1.45. The molecule has 10 heteroatoms. The standard InChI is InChI=1S/C13H11N4O4S2/c1-9(18)22-8-12(19)11-4-3-10(7-16-11)17(20)23(21)13-14-5-2-6-15-13/h2-7H,8H2,1H3/q-1. The van der Waals surface area contributed by atoms with Gasteiger partial charge in [0.2, 0.25) is 5.16 Å². The molecule has 0 amide bonds. The molecule has 1 unspecified atom stereocenters. The number of rotatable bonds is 6. The van der Waals surface area contributed by atoms with Crippen LogP contribution in [0.5, 0.6) is 0 Å². The Kier molecular flexibility index (Phi) is 5.90. The van der Waals surface area contributed by atoms with Crippen LogP contribution in [0.25, 0.3) is 0 Å². The summed E-state index contributed by atoms with van der Waals surface area (Å²) in [5.74, 6) is -0.353. The van der Waals surface area contributed by atoms with E-state index in [1.165, 1.54) is 37.5 Å². The van der Waals surface area contributed by atoms with Crippen LogP contribution in [0.3, 0.4) is 0 Å². The first-order valence-corrected chi connectivity index (χ1v) is 8.37. The van der Waals surface area contributed by atoms with Crippen molar-refractivity contribution in [1.29, 1.82) is 0 Å². The second-order valence-electron chi connectivity index (χ2n) is 4.14. The van der Waals surface area contributed by atoms with Crippen LogP contribution in [0.15, 0.2) is 41.9 Å². The highest BCUT2D eigenvalue weighted by molar-refractivity contribution is 8.14. The number of thioether (sulfide) groups is 1. The van der Waals surface area contributed by atoms with Crippen molar-refractivity contribution >= 4 is 39.3 Å². The van der Waals surface area contributed by atoms with Crippen molar-refractivity contribution in [2.24, 2.45) is 0 Å². The maximum absolute atomic E-state index is 12.0. The topological polar surface area (TPSA) is 116 Å². The third-order valence-electron chi connectivity index (χ3n) is 2.50. The summed E-state index contributed by atoms with van der Waals surface area (Å²) < 4.78 is 12.2. The van der Waals surface area contributed by atoms with Gasteiger partial charge in [0.15, 0.2) is 21.9 Å². The van der Waals surface area contributed by atoms with Crippen LogP contribution in [0.4, 0.5) is 5.69 Å². The van der Waals surface area contributed by atoms with Gasteiger partial charge in [-0.15, -0.1) is 0 Å². The molecule has 0 aromatic carbocycles. The lowest BCUT2D eigenvalue weighted by Crippen LogP contribution is -2.20. The molecule has 0 radical (unpaired) electrons. The largest absolute Gasteiger partial charge is 0.746 e. The van der Waals surface area contributed by atoms with Gasteiger partial charge >= 0.3 is 0 Å². The number of ketones is 1. The van der Waals surface area contributed by atoms with Gasteiger partial charge in [0, 0.05) is 19.3 Å². The molecule has 0 saturated heterocycles. The van der Waals surface area contributed by atoms with E-state index in [9.17, 15) is 19.0 Å². The van der Waals surface area contributed by atoms with Crippen molar-refractivity contribution in [3.05, 3.63) is 47.7 Å². The number of carbonyl (C=O) groups is 2. The highest BCUT2D eigenvalue weighted by Gasteiger charge is 2.13. The minimum atomic E-state index is -2.12. The molecule has 0 saturated carbocycles. The minimum absolute atomic E-state index is 0.00607. The van der Waals surface area contributed by atoms with E-state index in [0.29, 0.717) is 0 Å². The summed E-state index contributed by atoms with van der Waals surface area (Å²) in [6.45, 7) is 1.37. The highest BCUT2D eigenvalue weighted by atomic mass is 32.2. The summed E-state index contributed by atoms with van der Waals surface area (Å²) in [6.07, 6.45) is 3.89. The molecular formula is C13H11N4O4S2-. The van der Waals surface area contributed by atoms with Crippen LogP contribution < -0.4 is 4.47 Å². The molecule has 0 bridgehead atoms. The molecule has 1 atom stereocenters. The molecule has 120 valence electrons. The van der Waals surface area contributed by atoms with Crippen LogP contribution in [0.2, 0.25) is 0 Å². The van der Waals surface area contributed by atoms with Crippen molar-refractivity contribution in [1.82, 2.24) is 15.0 Å². The predicted molar refractivity (Wildman–Crippen MR) is 86.0 cm³/mol. The first-order chi connectivity index (χ1) is 11.0. The van der Waals surface area contributed by atoms with E-state index in [1.807, 2.05) is 0 Å². The van der Waals surface area contributed by atoms with Crippen LogP contribution in [-0.2, 0) is 15.8 Å². The minimum Gasteiger partial charge on any atom is -0.746 e. The van der Waals surface area contributed by atoms with Gasteiger partial charge in [-0.05, 0) is 18.2 Å². The molecule has 0 aliphatic rings. The summed E-state index contributed by atoms with van der Waals surface area (Å²) in [7, 11) is -2.12. The Balaban J connectivity index is 2.08. The van der Waals surface area contributed by atoms with Gasteiger partial charge in [0.25, 0.3) is 0 Å². The van der Waals surface area contributed by atoms with Crippen molar-refractivity contribution in [3.63, 3.8) is 0 Å². The van der Waals surface area contributed by atoms with E-state index in [4.69, 9.17) is 0 Å². The zero-order valence-corrected chi connectivity index (χ0v) is 13.5. The molecule has 0 aliphatic heterocycles. The number of hydrogen-bond acceptors (Lipinski definition) is 8. The number of Topliss-reactive ketones (excluding diaryl/α,β-unsaturated/α-hetero) is 1. The summed E-state index contributed by atoms with van der Waals surface area (Å²) in [4.78, 5) is 34.0. The zero-order chi connectivity index (χ0) is 16.8. The van der Waals surface area contributed by atoms with Crippen molar-refractivity contribution in [2.75, 3.05) is 10.2 Å². The Morgan fingerprint density at radius 2 is 1.96 bits per heavy atom. The van der Waals surface area contributed by atoms with Gasteiger partial charge in [0.05, 0.1) is 17.6 Å². The lowest BCUT2D eigenvalue weighted by molar-refractivity contribution is -0.109. The van der Waals surface area contributed by atoms with Crippen LogP contribution in [0.1, 0.15) is 17.4 Å². The van der Waals surface area contributed by atoms with E-state index in [1.54, 1.807) is 0 Å². The molecular weight excluding hydrogens is 340 g/mol. The monoisotopic (exact) mass is 351 g/mol. The van der Waals surface area contributed by atoms with Crippen molar-refractivity contribution in [2.45, 2.75) is 12.1 Å². The first kappa shape index (κ1) is 17.2. The average molecular weight is 351 g/mol. The molecule has 0 N–H and O–H groups in total. The fraction of sp³-hybridized carbons (Fsp3) is 0.154. The number of hydrogen-bond donors (Lipinski definition) is 0. The Labute approximate surface area is 138 Å².